The third-order valence-electron chi connectivity index (χ3n) is 4.71. The van der Waals surface area contributed by atoms with E-state index in [0.717, 1.165) is 48.8 Å². The summed E-state index contributed by atoms with van der Waals surface area (Å²) in [6.45, 7) is 6.71. The second-order valence-electron chi connectivity index (χ2n) is 6.49. The summed E-state index contributed by atoms with van der Waals surface area (Å²) in [6.07, 6.45) is 3.53. The van der Waals surface area contributed by atoms with Crippen LogP contribution in [0.5, 0.6) is 5.75 Å². The van der Waals surface area contributed by atoms with Gasteiger partial charge in [-0.2, -0.15) is 0 Å². The number of hydrogen-bond donors (Lipinski definition) is 0. The Bertz CT molecular complexity index is 966. The van der Waals surface area contributed by atoms with Crippen molar-refractivity contribution in [3.05, 3.63) is 58.7 Å². The molecule has 0 N–H and O–H groups in total. The fourth-order valence-electron chi connectivity index (χ4n) is 3.40. The van der Waals surface area contributed by atoms with E-state index in [0.29, 0.717) is 18.7 Å². The van der Waals surface area contributed by atoms with Crippen LogP contribution in [0.25, 0.3) is 11.0 Å². The third-order valence-corrected chi connectivity index (χ3v) is 4.71. The number of hydrogen-bond acceptors (Lipinski definition) is 7. The fourth-order valence-corrected chi connectivity index (χ4v) is 3.40. The highest BCUT2D eigenvalue weighted by atomic mass is 16.5. The van der Waals surface area contributed by atoms with Crippen LogP contribution in [0.2, 0.25) is 0 Å². The summed E-state index contributed by atoms with van der Waals surface area (Å²) in [5.74, 6) is 1.55. The molecule has 1 saturated heterocycles. The first kappa shape index (κ1) is 17.5. The number of rotatable bonds is 5. The van der Waals surface area contributed by atoms with Gasteiger partial charge in [-0.3, -0.25) is 4.90 Å². The molecule has 0 atom stereocenters. The van der Waals surface area contributed by atoms with E-state index in [1.165, 1.54) is 0 Å². The predicted octanol–water partition coefficient (Wildman–Crippen LogP) is 2.30. The SMILES string of the molecule is CCOc1ccc2oc(=O)cc(CN3CCN(c4ncccn4)CC3)c2c1. The first-order chi connectivity index (χ1) is 13.2. The summed E-state index contributed by atoms with van der Waals surface area (Å²) in [5, 5.41) is 0.925. The van der Waals surface area contributed by atoms with Gasteiger partial charge >= 0.3 is 5.63 Å². The minimum atomic E-state index is -0.321. The zero-order chi connectivity index (χ0) is 18.6. The van der Waals surface area contributed by atoms with Gasteiger partial charge in [0.1, 0.15) is 11.3 Å². The Labute approximate surface area is 157 Å². The Hall–Kier alpha value is -2.93. The molecule has 1 aromatic carbocycles. The van der Waals surface area contributed by atoms with Crippen molar-refractivity contribution in [1.29, 1.82) is 0 Å². The number of anilines is 1. The number of aromatic nitrogens is 2. The van der Waals surface area contributed by atoms with E-state index in [1.54, 1.807) is 24.5 Å². The molecule has 1 fully saturated rings. The average molecular weight is 366 g/mol. The predicted molar refractivity (Wildman–Crippen MR) is 103 cm³/mol. The standard InChI is InChI=1S/C20H22N4O3/c1-2-26-16-4-5-18-17(13-16)15(12-19(25)27-18)14-23-8-10-24(11-9-23)20-21-6-3-7-22-20/h3-7,12-13H,2,8-11,14H2,1H3. The highest BCUT2D eigenvalue weighted by Crippen LogP contribution is 2.24. The van der Waals surface area contributed by atoms with Gasteiger partial charge in [0.05, 0.1) is 6.61 Å². The van der Waals surface area contributed by atoms with E-state index >= 15 is 0 Å². The van der Waals surface area contributed by atoms with Crippen molar-refractivity contribution < 1.29 is 9.15 Å². The molecule has 27 heavy (non-hydrogen) atoms. The summed E-state index contributed by atoms with van der Waals surface area (Å²) in [5.41, 5.74) is 1.24. The molecular formula is C20H22N4O3. The number of nitrogens with zero attached hydrogens (tertiary/aromatic N) is 4. The number of ether oxygens (including phenoxy) is 1. The van der Waals surface area contributed by atoms with Crippen LogP contribution in [0.4, 0.5) is 5.95 Å². The molecule has 0 bridgehead atoms. The lowest BCUT2D eigenvalue weighted by Crippen LogP contribution is -2.46. The van der Waals surface area contributed by atoms with Crippen LogP contribution in [0.15, 0.2) is 51.9 Å². The number of fused-ring (bicyclic) bond motifs is 1. The van der Waals surface area contributed by atoms with Crippen LogP contribution < -0.4 is 15.3 Å². The Morgan fingerprint density at radius 2 is 1.89 bits per heavy atom. The molecular weight excluding hydrogens is 344 g/mol. The molecule has 2 aromatic heterocycles. The van der Waals surface area contributed by atoms with Crippen molar-refractivity contribution in [3.63, 3.8) is 0 Å². The van der Waals surface area contributed by atoms with E-state index in [-0.39, 0.29) is 5.63 Å². The monoisotopic (exact) mass is 366 g/mol. The van der Waals surface area contributed by atoms with E-state index < -0.39 is 0 Å². The maximum absolute atomic E-state index is 12.0. The second kappa shape index (κ2) is 7.75. The summed E-state index contributed by atoms with van der Waals surface area (Å²) in [4.78, 5) is 25.1. The van der Waals surface area contributed by atoms with E-state index in [1.807, 2.05) is 25.1 Å². The highest BCUT2D eigenvalue weighted by molar-refractivity contribution is 5.81. The van der Waals surface area contributed by atoms with E-state index in [2.05, 4.69) is 19.8 Å². The molecule has 1 aliphatic rings. The van der Waals surface area contributed by atoms with Crippen LogP contribution in [0.3, 0.4) is 0 Å². The quantitative estimate of drug-likeness (QED) is 0.642. The second-order valence-corrected chi connectivity index (χ2v) is 6.49. The fraction of sp³-hybridized carbons (Fsp3) is 0.350. The average Bonchev–Trinajstić information content (AvgIpc) is 2.70. The van der Waals surface area contributed by atoms with Gasteiger partial charge in [-0.05, 0) is 36.8 Å². The molecule has 3 heterocycles. The van der Waals surface area contributed by atoms with Crippen LogP contribution in [-0.2, 0) is 6.54 Å². The van der Waals surface area contributed by atoms with Gasteiger partial charge < -0.3 is 14.1 Å². The molecule has 7 heteroatoms. The first-order valence-electron chi connectivity index (χ1n) is 9.17. The number of piperazine rings is 1. The van der Waals surface area contributed by atoms with Crippen molar-refractivity contribution >= 4 is 16.9 Å². The molecule has 0 spiro atoms. The molecule has 3 aromatic rings. The molecule has 7 nitrogen and oxygen atoms in total. The third kappa shape index (κ3) is 3.93. The minimum absolute atomic E-state index is 0.321. The smallest absolute Gasteiger partial charge is 0.336 e. The lowest BCUT2D eigenvalue weighted by Gasteiger charge is -2.34. The molecule has 0 unspecified atom stereocenters. The van der Waals surface area contributed by atoms with Gasteiger partial charge in [-0.15, -0.1) is 0 Å². The molecule has 0 radical (unpaired) electrons. The van der Waals surface area contributed by atoms with Crippen LogP contribution >= 0.6 is 0 Å². The van der Waals surface area contributed by atoms with E-state index in [9.17, 15) is 4.79 Å². The summed E-state index contributed by atoms with van der Waals surface area (Å²) < 4.78 is 10.9. The molecule has 0 amide bonds. The van der Waals surface area contributed by atoms with Gasteiger partial charge in [0.15, 0.2) is 0 Å². The van der Waals surface area contributed by atoms with Crippen molar-refractivity contribution in [3.8, 4) is 5.75 Å². The lowest BCUT2D eigenvalue weighted by atomic mass is 10.1. The molecule has 140 valence electrons. The zero-order valence-electron chi connectivity index (χ0n) is 15.3. The van der Waals surface area contributed by atoms with Crippen molar-refractivity contribution in [1.82, 2.24) is 14.9 Å². The Morgan fingerprint density at radius 1 is 1.11 bits per heavy atom. The van der Waals surface area contributed by atoms with Crippen LogP contribution in [0.1, 0.15) is 12.5 Å². The zero-order valence-corrected chi connectivity index (χ0v) is 15.3. The lowest BCUT2D eigenvalue weighted by molar-refractivity contribution is 0.249. The van der Waals surface area contributed by atoms with Gasteiger partial charge in [-0.1, -0.05) is 0 Å². The molecule has 1 aliphatic heterocycles. The van der Waals surface area contributed by atoms with Gasteiger partial charge in [-0.25, -0.2) is 14.8 Å². The van der Waals surface area contributed by atoms with Gasteiger partial charge in [0, 0.05) is 56.6 Å². The van der Waals surface area contributed by atoms with Crippen LogP contribution in [-0.4, -0.2) is 47.7 Å². The maximum Gasteiger partial charge on any atom is 0.336 e. The summed E-state index contributed by atoms with van der Waals surface area (Å²) in [6, 6.07) is 8.99. The topological polar surface area (TPSA) is 71.7 Å². The first-order valence-corrected chi connectivity index (χ1v) is 9.17. The summed E-state index contributed by atoms with van der Waals surface area (Å²) >= 11 is 0. The largest absolute Gasteiger partial charge is 0.494 e. The Morgan fingerprint density at radius 3 is 2.63 bits per heavy atom. The highest BCUT2D eigenvalue weighted by Gasteiger charge is 2.20. The Balaban J connectivity index is 1.52. The molecule has 0 saturated carbocycles. The van der Waals surface area contributed by atoms with Crippen molar-refractivity contribution in [2.45, 2.75) is 13.5 Å². The van der Waals surface area contributed by atoms with Crippen molar-refractivity contribution in [2.75, 3.05) is 37.7 Å². The summed E-state index contributed by atoms with van der Waals surface area (Å²) in [7, 11) is 0. The van der Waals surface area contributed by atoms with Crippen LogP contribution in [0, 0.1) is 0 Å². The minimum Gasteiger partial charge on any atom is -0.494 e. The molecule has 0 aliphatic carbocycles. The van der Waals surface area contributed by atoms with E-state index in [4.69, 9.17) is 9.15 Å². The number of benzene rings is 1. The van der Waals surface area contributed by atoms with Crippen molar-refractivity contribution in [2.24, 2.45) is 0 Å². The van der Waals surface area contributed by atoms with Gasteiger partial charge in [0.25, 0.3) is 0 Å². The maximum atomic E-state index is 12.0. The van der Waals surface area contributed by atoms with Gasteiger partial charge in [0.2, 0.25) is 5.95 Å². The molecule has 4 rings (SSSR count). The normalized spacial score (nSPS) is 15.2. The Kier molecular flexibility index (Phi) is 5.02.